The second-order valence-electron chi connectivity index (χ2n) is 13.3. The molecule has 4 aliphatic carbocycles. The van der Waals surface area contributed by atoms with Crippen LogP contribution >= 0.6 is 0 Å². The molecule has 1 aromatic carbocycles. The number of carbonyl (C=O) groups excluding carboxylic acids is 2. The van der Waals surface area contributed by atoms with Crippen molar-refractivity contribution in [2.45, 2.75) is 81.1 Å². The van der Waals surface area contributed by atoms with Crippen molar-refractivity contribution < 1.29 is 38.7 Å². The molecule has 1 amide bonds. The number of methoxy groups -OCH3 is 3. The van der Waals surface area contributed by atoms with Gasteiger partial charge in [-0.1, -0.05) is 19.1 Å². The lowest BCUT2D eigenvalue weighted by molar-refractivity contribution is -0.279. The van der Waals surface area contributed by atoms with Crippen LogP contribution in [-0.2, 0) is 23.7 Å². The Bertz CT molecular complexity index is 1210. The van der Waals surface area contributed by atoms with Crippen LogP contribution in [0.3, 0.4) is 0 Å². The highest BCUT2D eigenvalue weighted by Crippen LogP contribution is 2.67. The van der Waals surface area contributed by atoms with Crippen LogP contribution in [0.1, 0.15) is 56.3 Å². The van der Waals surface area contributed by atoms with E-state index < -0.39 is 28.9 Å². The van der Waals surface area contributed by atoms with Crippen LogP contribution in [0.5, 0.6) is 0 Å². The van der Waals surface area contributed by atoms with Crippen LogP contribution in [0.15, 0.2) is 24.3 Å². The van der Waals surface area contributed by atoms with Crippen molar-refractivity contribution in [1.29, 1.82) is 0 Å². The van der Waals surface area contributed by atoms with Crippen molar-refractivity contribution in [3.05, 3.63) is 29.8 Å². The quantitative estimate of drug-likeness (QED) is 0.413. The molecule has 42 heavy (non-hydrogen) atoms. The Hall–Kier alpha value is -2.08. The van der Waals surface area contributed by atoms with Gasteiger partial charge in [0.2, 0.25) is 5.91 Å². The SMILES string of the molecule is CCN1CC2CC3C(C(OC)CCC3(OC(=O)c3ccccc3NC(C)=O)C1)C1CC3C(OC)CC2(O)C1(O)C3OC. The van der Waals surface area contributed by atoms with Crippen LogP contribution in [0.25, 0.3) is 0 Å². The molecular weight excluding hydrogens is 540 g/mol. The Balaban J connectivity index is 1.48. The number of anilines is 1. The van der Waals surface area contributed by atoms with Crippen LogP contribution in [0, 0.1) is 29.6 Å². The van der Waals surface area contributed by atoms with Crippen molar-refractivity contribution in [3.63, 3.8) is 0 Å². The largest absolute Gasteiger partial charge is 0.454 e. The van der Waals surface area contributed by atoms with Gasteiger partial charge in [-0.05, 0) is 56.2 Å². The monoisotopic (exact) mass is 586 g/mol. The molecule has 10 heteroatoms. The number of aliphatic hydroxyl groups is 2. The summed E-state index contributed by atoms with van der Waals surface area (Å²) in [6, 6.07) is 6.92. The number of benzene rings is 1. The number of likely N-dealkylation sites (N-methyl/N-ethyl adjacent to an activating group) is 1. The summed E-state index contributed by atoms with van der Waals surface area (Å²) < 4.78 is 24.8. The van der Waals surface area contributed by atoms with E-state index in [1.54, 1.807) is 45.6 Å². The second kappa shape index (κ2) is 10.8. The fourth-order valence-electron chi connectivity index (χ4n) is 10.1. The third-order valence-corrected chi connectivity index (χ3v) is 11.7. The summed E-state index contributed by atoms with van der Waals surface area (Å²) in [5.41, 5.74) is -3.09. The molecule has 0 radical (unpaired) electrons. The first-order chi connectivity index (χ1) is 20.1. The molecule has 1 aromatic rings. The molecule has 5 aliphatic rings. The summed E-state index contributed by atoms with van der Waals surface area (Å²) in [6.45, 7) is 5.27. The van der Waals surface area contributed by atoms with Crippen LogP contribution in [0.2, 0.25) is 0 Å². The van der Waals surface area contributed by atoms with E-state index >= 15 is 0 Å². The minimum absolute atomic E-state index is 0.0707. The van der Waals surface area contributed by atoms with E-state index in [0.29, 0.717) is 63.0 Å². The Morgan fingerprint density at radius 3 is 2.45 bits per heavy atom. The average molecular weight is 587 g/mol. The van der Waals surface area contributed by atoms with Crippen molar-refractivity contribution in [1.82, 2.24) is 4.90 Å². The molecule has 4 saturated carbocycles. The van der Waals surface area contributed by atoms with Gasteiger partial charge in [0.05, 0.1) is 29.6 Å². The lowest BCUT2D eigenvalue weighted by Crippen LogP contribution is -2.72. The zero-order chi connectivity index (χ0) is 30.0. The molecule has 1 aliphatic heterocycles. The number of hydrogen-bond acceptors (Lipinski definition) is 9. The highest BCUT2D eigenvalue weighted by Gasteiger charge is 2.77. The minimum Gasteiger partial charge on any atom is -0.454 e. The van der Waals surface area contributed by atoms with Gasteiger partial charge >= 0.3 is 5.97 Å². The number of fused-ring (bicyclic) bond motifs is 4. The summed E-state index contributed by atoms with van der Waals surface area (Å²) in [5, 5.41) is 28.4. The van der Waals surface area contributed by atoms with E-state index in [4.69, 9.17) is 18.9 Å². The van der Waals surface area contributed by atoms with Gasteiger partial charge in [0.1, 0.15) is 16.8 Å². The van der Waals surface area contributed by atoms with Gasteiger partial charge < -0.3 is 34.5 Å². The third kappa shape index (κ3) is 4.20. The maximum absolute atomic E-state index is 14.0. The Morgan fingerprint density at radius 2 is 1.79 bits per heavy atom. The van der Waals surface area contributed by atoms with E-state index in [1.165, 1.54) is 6.92 Å². The highest BCUT2D eigenvalue weighted by atomic mass is 16.6. The molecule has 0 aromatic heterocycles. The first-order valence-electron chi connectivity index (χ1n) is 15.4. The molecule has 11 unspecified atom stereocenters. The number of esters is 1. The lowest BCUT2D eigenvalue weighted by atomic mass is 9.59. The highest BCUT2D eigenvalue weighted by molar-refractivity contribution is 6.00. The van der Waals surface area contributed by atoms with Gasteiger partial charge in [0.25, 0.3) is 0 Å². The number of nitrogens with zero attached hydrogens (tertiary/aromatic N) is 1. The fraction of sp³-hybridized carbons (Fsp3) is 0.750. The number of hydrogen-bond donors (Lipinski definition) is 3. The molecule has 6 rings (SSSR count). The summed E-state index contributed by atoms with van der Waals surface area (Å²) in [7, 11) is 5.01. The molecule has 1 heterocycles. The van der Waals surface area contributed by atoms with E-state index in [2.05, 4.69) is 17.1 Å². The Morgan fingerprint density at radius 1 is 1.05 bits per heavy atom. The summed E-state index contributed by atoms with van der Waals surface area (Å²) >= 11 is 0. The Labute approximate surface area is 248 Å². The number of amides is 1. The van der Waals surface area contributed by atoms with E-state index in [1.807, 2.05) is 0 Å². The van der Waals surface area contributed by atoms with Crippen molar-refractivity contribution in [3.8, 4) is 0 Å². The average Bonchev–Trinajstić information content (AvgIpc) is 3.05. The van der Waals surface area contributed by atoms with Gasteiger partial charge in [0, 0.05) is 65.5 Å². The summed E-state index contributed by atoms with van der Waals surface area (Å²) in [4.78, 5) is 28.2. The number of rotatable bonds is 7. The number of ether oxygens (including phenoxy) is 4. The van der Waals surface area contributed by atoms with Gasteiger partial charge in [0.15, 0.2) is 0 Å². The third-order valence-electron chi connectivity index (χ3n) is 11.7. The molecule has 10 nitrogen and oxygen atoms in total. The summed E-state index contributed by atoms with van der Waals surface area (Å²) in [6.07, 6.45) is 1.81. The first kappa shape index (κ1) is 30.0. The molecule has 5 fully saturated rings. The van der Waals surface area contributed by atoms with E-state index in [0.717, 1.165) is 0 Å². The standard InChI is InChI=1S/C32H46N2O8/c1-6-34-16-19-13-22-27(23-14-21-26(40-4)15-31(19,37)32(23,38)28(21)41-5)25(39-3)11-12-30(22,17-34)42-29(36)20-9-7-8-10-24(20)33-18(2)35/h7-10,19,21-23,25-28,37-38H,6,11-17H2,1-5H3,(H,33,35). The van der Waals surface area contributed by atoms with Crippen LogP contribution in [-0.4, -0.2) is 103 Å². The molecular formula is C32H46N2O8. The molecule has 11 atom stereocenters. The van der Waals surface area contributed by atoms with Crippen molar-refractivity contribution in [2.75, 3.05) is 46.3 Å². The van der Waals surface area contributed by atoms with Gasteiger partial charge in [-0.15, -0.1) is 0 Å². The summed E-state index contributed by atoms with van der Waals surface area (Å²) in [5.74, 6) is -1.76. The molecule has 0 spiro atoms. The number of carbonyl (C=O) groups is 2. The Kier molecular flexibility index (Phi) is 7.72. The maximum Gasteiger partial charge on any atom is 0.340 e. The molecule has 4 bridgehead atoms. The topological polar surface area (TPSA) is 127 Å². The molecule has 1 saturated heterocycles. The van der Waals surface area contributed by atoms with Crippen LogP contribution < -0.4 is 5.32 Å². The minimum atomic E-state index is -1.50. The van der Waals surface area contributed by atoms with Gasteiger partial charge in [-0.2, -0.15) is 0 Å². The zero-order valence-corrected chi connectivity index (χ0v) is 25.4. The van der Waals surface area contributed by atoms with Gasteiger partial charge in [-0.3, -0.25) is 9.69 Å². The number of para-hydroxylation sites is 1. The molecule has 3 N–H and O–H groups in total. The van der Waals surface area contributed by atoms with Gasteiger partial charge in [-0.25, -0.2) is 4.79 Å². The number of nitrogens with one attached hydrogen (secondary N) is 1. The maximum atomic E-state index is 14.0. The fourth-order valence-corrected chi connectivity index (χ4v) is 10.1. The normalized spacial score (nSPS) is 44.2. The van der Waals surface area contributed by atoms with Crippen molar-refractivity contribution in [2.24, 2.45) is 29.6 Å². The smallest absolute Gasteiger partial charge is 0.340 e. The zero-order valence-electron chi connectivity index (χ0n) is 25.4. The molecule has 232 valence electrons. The van der Waals surface area contributed by atoms with Crippen LogP contribution in [0.4, 0.5) is 5.69 Å². The predicted molar refractivity (Wildman–Crippen MR) is 154 cm³/mol. The second-order valence-corrected chi connectivity index (χ2v) is 13.3. The number of likely N-dealkylation sites (tertiary alicyclic amines) is 1. The van der Waals surface area contributed by atoms with E-state index in [9.17, 15) is 19.8 Å². The lowest BCUT2D eigenvalue weighted by Gasteiger charge is -2.57. The van der Waals surface area contributed by atoms with E-state index in [-0.39, 0.29) is 47.7 Å². The van der Waals surface area contributed by atoms with Crippen molar-refractivity contribution >= 4 is 17.6 Å². The predicted octanol–water partition coefficient (Wildman–Crippen LogP) is 2.47. The first-order valence-corrected chi connectivity index (χ1v) is 15.4.